The van der Waals surface area contributed by atoms with Crippen molar-refractivity contribution in [3.8, 4) is 0 Å². The molecule has 0 radical (unpaired) electrons. The van der Waals surface area contributed by atoms with Crippen LogP contribution in [-0.2, 0) is 19.6 Å². The number of ketones is 1. The number of Topliss-reactive ketones (excluding diaryl/α,β-unsaturated/α-hetero) is 1. The summed E-state index contributed by atoms with van der Waals surface area (Å²) in [6.07, 6.45) is 0.891. The molecule has 0 aliphatic carbocycles. The number of sulfonamides is 1. The molecule has 7 heteroatoms. The molecule has 0 saturated carbocycles. The first-order valence-corrected chi connectivity index (χ1v) is 8.52. The van der Waals surface area contributed by atoms with Crippen molar-refractivity contribution in [2.45, 2.75) is 30.7 Å². The lowest BCUT2D eigenvalue weighted by Crippen LogP contribution is -2.45. The van der Waals surface area contributed by atoms with E-state index in [4.69, 9.17) is 4.42 Å². The molecule has 1 aromatic heterocycles. The van der Waals surface area contributed by atoms with Crippen molar-refractivity contribution in [2.75, 3.05) is 0 Å². The number of aryl methyl sites for hydroxylation is 1. The van der Waals surface area contributed by atoms with E-state index in [0.717, 1.165) is 9.87 Å². The van der Waals surface area contributed by atoms with E-state index in [2.05, 4.69) is 0 Å². The van der Waals surface area contributed by atoms with Crippen LogP contribution in [0.3, 0.4) is 0 Å². The quantitative estimate of drug-likeness (QED) is 0.804. The van der Waals surface area contributed by atoms with Crippen molar-refractivity contribution in [1.82, 2.24) is 4.31 Å². The molecular formula is C16H15NO5S. The summed E-state index contributed by atoms with van der Waals surface area (Å²) < 4.78 is 31.8. The number of carbonyl (C=O) groups excluding carboxylic acids is 2. The van der Waals surface area contributed by atoms with Gasteiger partial charge in [-0.15, -0.1) is 0 Å². The van der Waals surface area contributed by atoms with Gasteiger partial charge in [0.2, 0.25) is 5.91 Å². The highest BCUT2D eigenvalue weighted by Gasteiger charge is 2.43. The number of nitrogens with zero attached hydrogens (tertiary/aromatic N) is 1. The molecule has 1 aromatic carbocycles. The highest BCUT2D eigenvalue weighted by molar-refractivity contribution is 7.89. The van der Waals surface area contributed by atoms with Crippen LogP contribution in [0.1, 0.15) is 30.2 Å². The first kappa shape index (κ1) is 15.5. The number of furan rings is 1. The van der Waals surface area contributed by atoms with Crippen LogP contribution in [0.25, 0.3) is 0 Å². The molecule has 1 atom stereocenters. The van der Waals surface area contributed by atoms with Gasteiger partial charge in [-0.05, 0) is 31.2 Å². The van der Waals surface area contributed by atoms with Gasteiger partial charge in [0.05, 0.1) is 17.6 Å². The van der Waals surface area contributed by atoms with Gasteiger partial charge in [0, 0.05) is 6.42 Å². The number of hydrogen-bond donors (Lipinski definition) is 0. The Hall–Kier alpha value is -2.41. The summed E-state index contributed by atoms with van der Waals surface area (Å²) in [5.74, 6) is -0.753. The number of carbonyl (C=O) groups is 2. The molecule has 0 N–H and O–H groups in total. The van der Waals surface area contributed by atoms with Gasteiger partial charge >= 0.3 is 0 Å². The second-order valence-electron chi connectivity index (χ2n) is 5.46. The molecule has 120 valence electrons. The molecule has 1 saturated heterocycles. The van der Waals surface area contributed by atoms with Crippen LogP contribution in [0.15, 0.2) is 52.0 Å². The molecule has 1 aliphatic rings. The predicted octanol–water partition coefficient (Wildman–Crippen LogP) is 2.21. The Labute approximate surface area is 133 Å². The molecule has 1 fully saturated rings. The monoisotopic (exact) mass is 333 g/mol. The molecular weight excluding hydrogens is 318 g/mol. The molecule has 2 heterocycles. The van der Waals surface area contributed by atoms with Crippen molar-refractivity contribution < 1.29 is 22.4 Å². The van der Waals surface area contributed by atoms with Crippen molar-refractivity contribution >= 4 is 21.7 Å². The minimum absolute atomic E-state index is 0.0161. The third kappa shape index (κ3) is 2.79. The maximum Gasteiger partial charge on any atom is 0.267 e. The van der Waals surface area contributed by atoms with E-state index in [1.807, 2.05) is 6.92 Å². The van der Waals surface area contributed by atoms with Crippen LogP contribution in [0.2, 0.25) is 0 Å². The SMILES string of the molecule is Cc1ccc(S(=O)(=O)N2C(=O)CC(=O)CC2c2ccco2)cc1. The number of amides is 1. The number of hydrogen-bond acceptors (Lipinski definition) is 5. The zero-order valence-corrected chi connectivity index (χ0v) is 13.2. The van der Waals surface area contributed by atoms with Crippen LogP contribution < -0.4 is 0 Å². The fourth-order valence-electron chi connectivity index (χ4n) is 2.61. The summed E-state index contributed by atoms with van der Waals surface area (Å²) in [7, 11) is -4.06. The zero-order chi connectivity index (χ0) is 16.6. The zero-order valence-electron chi connectivity index (χ0n) is 12.4. The van der Waals surface area contributed by atoms with Crippen LogP contribution in [0.4, 0.5) is 0 Å². The average Bonchev–Trinajstić information content (AvgIpc) is 3.00. The topological polar surface area (TPSA) is 84.7 Å². The summed E-state index contributed by atoms with van der Waals surface area (Å²) in [6.45, 7) is 1.84. The lowest BCUT2D eigenvalue weighted by Gasteiger charge is -2.32. The first-order valence-electron chi connectivity index (χ1n) is 7.08. The third-order valence-corrected chi connectivity index (χ3v) is 5.59. The van der Waals surface area contributed by atoms with E-state index in [0.29, 0.717) is 0 Å². The third-order valence-electron chi connectivity index (χ3n) is 3.75. The molecule has 0 bridgehead atoms. The minimum atomic E-state index is -4.06. The Morgan fingerprint density at radius 1 is 1.13 bits per heavy atom. The second-order valence-corrected chi connectivity index (χ2v) is 7.27. The van der Waals surface area contributed by atoms with Crippen LogP contribution in [0.5, 0.6) is 0 Å². The van der Waals surface area contributed by atoms with Gasteiger partial charge in [-0.3, -0.25) is 9.59 Å². The van der Waals surface area contributed by atoms with Gasteiger partial charge in [-0.25, -0.2) is 12.7 Å². The number of piperidine rings is 1. The standard InChI is InChI=1S/C16H15NO5S/c1-11-4-6-13(7-5-11)23(20,21)17-14(15-3-2-8-22-15)9-12(18)10-16(17)19/h2-8,14H,9-10H2,1H3. The lowest BCUT2D eigenvalue weighted by molar-refractivity contribution is -0.138. The fourth-order valence-corrected chi connectivity index (χ4v) is 4.17. The molecule has 1 amide bonds. The van der Waals surface area contributed by atoms with E-state index >= 15 is 0 Å². The van der Waals surface area contributed by atoms with E-state index in [1.165, 1.54) is 18.4 Å². The van der Waals surface area contributed by atoms with Crippen LogP contribution in [0, 0.1) is 6.92 Å². The maximum atomic E-state index is 12.9. The molecule has 0 spiro atoms. The Morgan fingerprint density at radius 3 is 2.43 bits per heavy atom. The van der Waals surface area contributed by atoms with Gasteiger partial charge in [-0.2, -0.15) is 0 Å². The van der Waals surface area contributed by atoms with E-state index < -0.39 is 28.4 Å². The predicted molar refractivity (Wildman–Crippen MR) is 80.9 cm³/mol. The van der Waals surface area contributed by atoms with Crippen molar-refractivity contribution in [2.24, 2.45) is 0 Å². The highest BCUT2D eigenvalue weighted by Crippen LogP contribution is 2.35. The Morgan fingerprint density at radius 2 is 1.83 bits per heavy atom. The summed E-state index contributed by atoms with van der Waals surface area (Å²) in [6, 6.07) is 8.44. The molecule has 23 heavy (non-hydrogen) atoms. The lowest BCUT2D eigenvalue weighted by atomic mass is 10.0. The number of rotatable bonds is 3. The molecule has 2 aromatic rings. The van der Waals surface area contributed by atoms with E-state index in [9.17, 15) is 18.0 Å². The molecule has 6 nitrogen and oxygen atoms in total. The molecule has 1 aliphatic heterocycles. The Kier molecular flexibility index (Phi) is 3.81. The average molecular weight is 333 g/mol. The summed E-state index contributed by atoms with van der Waals surface area (Å²) in [5, 5.41) is 0. The van der Waals surface area contributed by atoms with Gasteiger partial charge in [-0.1, -0.05) is 17.7 Å². The Balaban J connectivity index is 2.08. The van der Waals surface area contributed by atoms with Crippen molar-refractivity contribution in [1.29, 1.82) is 0 Å². The van der Waals surface area contributed by atoms with Crippen LogP contribution >= 0.6 is 0 Å². The second kappa shape index (κ2) is 5.66. The fraction of sp³-hybridized carbons (Fsp3) is 0.250. The summed E-state index contributed by atoms with van der Waals surface area (Å²) in [5.41, 5.74) is 0.909. The molecule has 3 rings (SSSR count). The van der Waals surface area contributed by atoms with E-state index in [-0.39, 0.29) is 22.9 Å². The van der Waals surface area contributed by atoms with E-state index in [1.54, 1.807) is 24.3 Å². The highest BCUT2D eigenvalue weighted by atomic mass is 32.2. The normalized spacial score (nSPS) is 19.2. The maximum absolute atomic E-state index is 12.9. The van der Waals surface area contributed by atoms with Gasteiger partial charge < -0.3 is 4.42 Å². The smallest absolute Gasteiger partial charge is 0.267 e. The van der Waals surface area contributed by atoms with Crippen molar-refractivity contribution in [3.05, 3.63) is 54.0 Å². The first-order chi connectivity index (χ1) is 10.9. The Bertz CT molecular complexity index is 837. The molecule has 1 unspecified atom stereocenters. The summed E-state index contributed by atoms with van der Waals surface area (Å²) >= 11 is 0. The largest absolute Gasteiger partial charge is 0.467 e. The van der Waals surface area contributed by atoms with Gasteiger partial charge in [0.1, 0.15) is 17.6 Å². The van der Waals surface area contributed by atoms with Crippen LogP contribution in [-0.4, -0.2) is 24.4 Å². The van der Waals surface area contributed by atoms with Gasteiger partial charge in [0.25, 0.3) is 10.0 Å². The van der Waals surface area contributed by atoms with Crippen molar-refractivity contribution in [3.63, 3.8) is 0 Å². The minimum Gasteiger partial charge on any atom is -0.467 e. The summed E-state index contributed by atoms with van der Waals surface area (Å²) in [4.78, 5) is 24.0. The van der Waals surface area contributed by atoms with Gasteiger partial charge in [0.15, 0.2) is 0 Å². The number of benzene rings is 1.